The van der Waals surface area contributed by atoms with Gasteiger partial charge in [0, 0.05) is 0 Å². The summed E-state index contributed by atoms with van der Waals surface area (Å²) in [5.74, 6) is 0.745. The van der Waals surface area contributed by atoms with E-state index in [1.54, 1.807) is 0 Å². The zero-order valence-electron chi connectivity index (χ0n) is 8.22. The Kier molecular flexibility index (Phi) is 7.05. The lowest BCUT2D eigenvalue weighted by molar-refractivity contribution is -0.141. The molecule has 0 bridgehead atoms. The van der Waals surface area contributed by atoms with Gasteiger partial charge in [-0.1, -0.05) is 45.7 Å². The van der Waals surface area contributed by atoms with Crippen LogP contribution in [0, 0.1) is 11.8 Å². The van der Waals surface area contributed by atoms with Gasteiger partial charge in [-0.05, 0) is 18.3 Å². The molecule has 0 fully saturated rings. The van der Waals surface area contributed by atoms with Crippen molar-refractivity contribution in [3.63, 3.8) is 0 Å². The molecule has 0 aromatic heterocycles. The lowest BCUT2D eigenvalue weighted by Gasteiger charge is -2.18. The van der Waals surface area contributed by atoms with Gasteiger partial charge < -0.3 is 4.74 Å². The van der Waals surface area contributed by atoms with Crippen molar-refractivity contribution in [2.45, 2.75) is 30.4 Å². The lowest BCUT2D eigenvalue weighted by atomic mass is 9.96. The molecule has 0 aromatic carbocycles. The van der Waals surface area contributed by atoms with Crippen molar-refractivity contribution in [1.82, 2.24) is 0 Å². The summed E-state index contributed by atoms with van der Waals surface area (Å²) < 4.78 is 4.81. The van der Waals surface area contributed by atoms with Crippen LogP contribution in [0.15, 0.2) is 0 Å². The number of rotatable bonds is 5. The van der Waals surface area contributed by atoms with E-state index in [0.29, 0.717) is 18.3 Å². The van der Waals surface area contributed by atoms with Crippen LogP contribution in [0.25, 0.3) is 0 Å². The van der Waals surface area contributed by atoms with Gasteiger partial charge in [0.05, 0.1) is 17.3 Å². The maximum absolute atomic E-state index is 11.0. The highest BCUT2D eigenvalue weighted by atomic mass is 79.9. The van der Waals surface area contributed by atoms with Crippen LogP contribution < -0.4 is 0 Å². The summed E-state index contributed by atoms with van der Waals surface area (Å²) in [6.07, 6.45) is 1.48. The number of ether oxygens (including phenoxy) is 1. The molecule has 0 N–H and O–H groups in total. The summed E-state index contributed by atoms with van der Waals surface area (Å²) in [6, 6.07) is 0. The Balaban J connectivity index is 4.02. The molecule has 0 amide bonds. The molecule has 0 heterocycles. The molecule has 2 nitrogen and oxygen atoms in total. The van der Waals surface area contributed by atoms with Gasteiger partial charge in [-0.2, -0.15) is 0 Å². The first-order valence-electron chi connectivity index (χ1n) is 4.32. The highest BCUT2D eigenvalue weighted by Gasteiger charge is 2.21. The van der Waals surface area contributed by atoms with Crippen LogP contribution in [0.5, 0.6) is 0 Å². The number of hydrogen-bond acceptors (Lipinski definition) is 2. The van der Waals surface area contributed by atoms with Crippen molar-refractivity contribution in [2.24, 2.45) is 11.8 Å². The van der Waals surface area contributed by atoms with Gasteiger partial charge in [0.25, 0.3) is 0 Å². The fraction of sp³-hybridized carbons (Fsp3) is 0.889. The Morgan fingerprint density at radius 2 is 1.92 bits per heavy atom. The highest BCUT2D eigenvalue weighted by molar-refractivity contribution is 9.24. The summed E-state index contributed by atoms with van der Waals surface area (Å²) >= 11 is 6.87. The largest absolute Gasteiger partial charge is 0.469 e. The van der Waals surface area contributed by atoms with Gasteiger partial charge in [-0.3, -0.25) is 4.79 Å². The Bertz CT molecular complexity index is 158. The molecule has 0 radical (unpaired) electrons. The van der Waals surface area contributed by atoms with Crippen LogP contribution in [0.3, 0.4) is 0 Å². The SMILES string of the molecule is COC(=O)CC(CC(C)C)C(Br)Br. The smallest absolute Gasteiger partial charge is 0.305 e. The molecule has 0 aliphatic heterocycles. The minimum absolute atomic E-state index is 0.144. The number of carbonyl (C=O) groups excluding carboxylic acids is 1. The van der Waals surface area contributed by atoms with Gasteiger partial charge >= 0.3 is 5.97 Å². The van der Waals surface area contributed by atoms with Crippen molar-refractivity contribution in [2.75, 3.05) is 7.11 Å². The van der Waals surface area contributed by atoms with Crippen molar-refractivity contribution < 1.29 is 9.53 Å². The Labute approximate surface area is 96.7 Å². The molecule has 0 aliphatic carbocycles. The number of carbonyl (C=O) groups is 1. The normalized spacial score (nSPS) is 13.5. The molecule has 0 spiro atoms. The summed E-state index contributed by atoms with van der Waals surface area (Å²) in [5.41, 5.74) is 0. The Morgan fingerprint density at radius 3 is 2.23 bits per heavy atom. The third kappa shape index (κ3) is 6.49. The average Bonchev–Trinajstić information content (AvgIpc) is 2.02. The minimum Gasteiger partial charge on any atom is -0.469 e. The van der Waals surface area contributed by atoms with Gasteiger partial charge in [0.2, 0.25) is 0 Å². The van der Waals surface area contributed by atoms with Crippen molar-refractivity contribution in [3.05, 3.63) is 0 Å². The molecule has 4 heteroatoms. The molecular formula is C9H16Br2O2. The van der Waals surface area contributed by atoms with E-state index >= 15 is 0 Å². The predicted octanol–water partition coefficient (Wildman–Crippen LogP) is 3.33. The maximum Gasteiger partial charge on any atom is 0.305 e. The number of halogens is 2. The van der Waals surface area contributed by atoms with Crippen LogP contribution in [0.4, 0.5) is 0 Å². The van der Waals surface area contributed by atoms with Crippen LogP contribution in [0.1, 0.15) is 26.7 Å². The van der Waals surface area contributed by atoms with E-state index in [1.807, 2.05) is 0 Å². The fourth-order valence-corrected chi connectivity index (χ4v) is 1.98. The van der Waals surface area contributed by atoms with Crippen LogP contribution >= 0.6 is 31.9 Å². The second-order valence-electron chi connectivity index (χ2n) is 3.50. The Hall–Kier alpha value is 0.430. The van der Waals surface area contributed by atoms with Gasteiger partial charge in [0.15, 0.2) is 0 Å². The first kappa shape index (κ1) is 13.4. The molecule has 13 heavy (non-hydrogen) atoms. The topological polar surface area (TPSA) is 26.3 Å². The standard InChI is InChI=1S/C9H16Br2O2/c1-6(2)4-7(9(10)11)5-8(12)13-3/h6-7,9H,4-5H2,1-3H3. The first-order chi connectivity index (χ1) is 5.97. The number of alkyl halides is 2. The van der Waals surface area contributed by atoms with Crippen LogP contribution in [-0.2, 0) is 9.53 Å². The monoisotopic (exact) mass is 314 g/mol. The van der Waals surface area contributed by atoms with Crippen LogP contribution in [-0.4, -0.2) is 16.8 Å². The molecule has 0 saturated carbocycles. The minimum atomic E-state index is -0.144. The lowest BCUT2D eigenvalue weighted by Crippen LogP contribution is -2.17. The van der Waals surface area contributed by atoms with Gasteiger partial charge in [-0.25, -0.2) is 0 Å². The maximum atomic E-state index is 11.0. The summed E-state index contributed by atoms with van der Waals surface area (Å²) in [4.78, 5) is 11.0. The Morgan fingerprint density at radius 1 is 1.38 bits per heavy atom. The number of esters is 1. The highest BCUT2D eigenvalue weighted by Crippen LogP contribution is 2.28. The molecule has 0 aliphatic rings. The van der Waals surface area contributed by atoms with E-state index in [9.17, 15) is 4.79 Å². The zero-order valence-corrected chi connectivity index (χ0v) is 11.4. The van der Waals surface area contributed by atoms with Crippen molar-refractivity contribution in [1.29, 1.82) is 0 Å². The zero-order chi connectivity index (χ0) is 10.4. The van der Waals surface area contributed by atoms with Crippen LogP contribution in [0.2, 0.25) is 0 Å². The predicted molar refractivity (Wildman–Crippen MR) is 61.2 cm³/mol. The number of methoxy groups -OCH3 is 1. The molecule has 1 atom stereocenters. The summed E-state index contributed by atoms with van der Waals surface area (Å²) in [7, 11) is 1.42. The van der Waals surface area contributed by atoms with E-state index < -0.39 is 0 Å². The van der Waals surface area contributed by atoms with E-state index in [1.165, 1.54) is 7.11 Å². The second-order valence-corrected chi connectivity index (χ2v) is 6.71. The quantitative estimate of drug-likeness (QED) is 0.574. The van der Waals surface area contributed by atoms with E-state index in [-0.39, 0.29) is 9.71 Å². The summed E-state index contributed by atoms with van der Waals surface area (Å²) in [5, 5.41) is 0. The van der Waals surface area contributed by atoms with Crippen molar-refractivity contribution in [3.8, 4) is 0 Å². The second kappa shape index (κ2) is 6.82. The van der Waals surface area contributed by atoms with Gasteiger partial charge in [-0.15, -0.1) is 0 Å². The summed E-state index contributed by atoms with van der Waals surface area (Å²) in [6.45, 7) is 4.29. The third-order valence-corrected chi connectivity index (χ3v) is 3.28. The first-order valence-corrected chi connectivity index (χ1v) is 6.15. The molecule has 0 aromatic rings. The van der Waals surface area contributed by atoms with Crippen molar-refractivity contribution >= 4 is 37.8 Å². The molecule has 1 unspecified atom stereocenters. The molecule has 78 valence electrons. The van der Waals surface area contributed by atoms with E-state index in [2.05, 4.69) is 50.4 Å². The van der Waals surface area contributed by atoms with Gasteiger partial charge in [0.1, 0.15) is 0 Å². The van der Waals surface area contributed by atoms with E-state index in [4.69, 9.17) is 0 Å². The third-order valence-electron chi connectivity index (χ3n) is 1.79. The molecule has 0 saturated heterocycles. The molecular weight excluding hydrogens is 300 g/mol. The average molecular weight is 316 g/mol. The fourth-order valence-electron chi connectivity index (χ4n) is 1.18. The molecule has 0 rings (SSSR count). The van der Waals surface area contributed by atoms with E-state index in [0.717, 1.165) is 6.42 Å². The number of hydrogen-bond donors (Lipinski definition) is 0.